The van der Waals surface area contributed by atoms with Crippen LogP contribution in [-0.2, 0) is 13.5 Å². The second-order valence-corrected chi connectivity index (χ2v) is 6.68. The number of fused-ring (bicyclic) bond motifs is 1. The lowest BCUT2D eigenvalue weighted by molar-refractivity contribution is 0.0739. The number of carbonyl (C=O) groups is 1. The van der Waals surface area contributed by atoms with Crippen molar-refractivity contribution in [2.45, 2.75) is 26.7 Å². The van der Waals surface area contributed by atoms with Crippen LogP contribution in [0.3, 0.4) is 0 Å². The third-order valence-corrected chi connectivity index (χ3v) is 5.05. The van der Waals surface area contributed by atoms with E-state index in [4.69, 9.17) is 4.74 Å². The molecular formula is C18H18N2O3S. The highest BCUT2D eigenvalue weighted by Gasteiger charge is 2.20. The van der Waals surface area contributed by atoms with Gasteiger partial charge in [-0.05, 0) is 36.6 Å². The van der Waals surface area contributed by atoms with Gasteiger partial charge in [0.05, 0.1) is 11.7 Å². The Kier molecular flexibility index (Phi) is 4.49. The van der Waals surface area contributed by atoms with Crippen LogP contribution in [0.4, 0.5) is 0 Å². The molecular weight excluding hydrogens is 324 g/mol. The summed E-state index contributed by atoms with van der Waals surface area (Å²) in [4.78, 5) is 29.9. The van der Waals surface area contributed by atoms with Gasteiger partial charge in [0.15, 0.2) is 0 Å². The van der Waals surface area contributed by atoms with Crippen LogP contribution in [-0.4, -0.2) is 15.5 Å². The average Bonchev–Trinajstić information content (AvgIpc) is 2.91. The Labute approximate surface area is 143 Å². The molecule has 0 aliphatic rings. The molecule has 2 heterocycles. The molecule has 1 aromatic carbocycles. The quantitative estimate of drug-likeness (QED) is 0.538. The molecule has 0 radical (unpaired) electrons. The molecule has 2 aromatic heterocycles. The SMILES string of the molecule is CCCc1ccc(OC(=O)c2sc3ncn(C)c(=O)c3c2C)cc1. The van der Waals surface area contributed by atoms with Gasteiger partial charge in [-0.15, -0.1) is 11.3 Å². The van der Waals surface area contributed by atoms with Crippen molar-refractivity contribution >= 4 is 27.5 Å². The van der Waals surface area contributed by atoms with Gasteiger partial charge in [-0.2, -0.15) is 0 Å². The molecule has 24 heavy (non-hydrogen) atoms. The third-order valence-electron chi connectivity index (χ3n) is 3.87. The number of nitrogens with zero attached hydrogens (tertiary/aromatic N) is 2. The molecule has 0 atom stereocenters. The summed E-state index contributed by atoms with van der Waals surface area (Å²) < 4.78 is 6.86. The molecule has 0 saturated heterocycles. The summed E-state index contributed by atoms with van der Waals surface area (Å²) in [6.45, 7) is 3.87. The summed E-state index contributed by atoms with van der Waals surface area (Å²) in [5.41, 5.74) is 1.68. The molecule has 0 aliphatic heterocycles. The van der Waals surface area contributed by atoms with Crippen LogP contribution >= 0.6 is 11.3 Å². The van der Waals surface area contributed by atoms with Crippen LogP contribution in [0, 0.1) is 6.92 Å². The Morgan fingerprint density at radius 2 is 2.00 bits per heavy atom. The number of carbonyl (C=O) groups excluding carboxylic acids is 1. The molecule has 124 valence electrons. The summed E-state index contributed by atoms with van der Waals surface area (Å²) in [5.74, 6) is 0.0402. The van der Waals surface area contributed by atoms with E-state index in [1.807, 2.05) is 12.1 Å². The maximum atomic E-state index is 12.5. The largest absolute Gasteiger partial charge is 0.422 e. The Hall–Kier alpha value is -2.47. The molecule has 5 nitrogen and oxygen atoms in total. The lowest BCUT2D eigenvalue weighted by Crippen LogP contribution is -2.17. The lowest BCUT2D eigenvalue weighted by Gasteiger charge is -2.05. The van der Waals surface area contributed by atoms with Gasteiger partial charge < -0.3 is 9.30 Å². The minimum atomic E-state index is -0.458. The molecule has 0 bridgehead atoms. The molecule has 0 amide bonds. The number of ether oxygens (including phenoxy) is 1. The smallest absolute Gasteiger partial charge is 0.354 e. The summed E-state index contributed by atoms with van der Waals surface area (Å²) >= 11 is 1.19. The first-order chi connectivity index (χ1) is 11.5. The summed E-state index contributed by atoms with van der Waals surface area (Å²) in [6.07, 6.45) is 3.53. The third kappa shape index (κ3) is 2.97. The van der Waals surface area contributed by atoms with Crippen molar-refractivity contribution in [1.82, 2.24) is 9.55 Å². The number of hydrogen-bond acceptors (Lipinski definition) is 5. The fourth-order valence-corrected chi connectivity index (χ4v) is 3.59. The fourth-order valence-electron chi connectivity index (χ4n) is 2.57. The summed E-state index contributed by atoms with van der Waals surface area (Å²) in [5, 5.41) is 0.482. The first-order valence-corrected chi connectivity index (χ1v) is 8.58. The van der Waals surface area contributed by atoms with E-state index >= 15 is 0 Å². The molecule has 0 fully saturated rings. The van der Waals surface area contributed by atoms with Gasteiger partial charge >= 0.3 is 5.97 Å². The Bertz CT molecular complexity index is 955. The van der Waals surface area contributed by atoms with E-state index in [1.54, 1.807) is 26.1 Å². The monoisotopic (exact) mass is 342 g/mol. The van der Waals surface area contributed by atoms with E-state index in [1.165, 1.54) is 27.8 Å². The second kappa shape index (κ2) is 6.57. The Morgan fingerprint density at radius 1 is 1.29 bits per heavy atom. The lowest BCUT2D eigenvalue weighted by atomic mass is 10.1. The van der Waals surface area contributed by atoms with Crippen molar-refractivity contribution < 1.29 is 9.53 Å². The maximum absolute atomic E-state index is 12.5. The number of rotatable bonds is 4. The van der Waals surface area contributed by atoms with Gasteiger partial charge in [-0.3, -0.25) is 4.79 Å². The first kappa shape index (κ1) is 16.4. The highest BCUT2D eigenvalue weighted by Crippen LogP contribution is 2.28. The van der Waals surface area contributed by atoms with Crippen molar-refractivity contribution in [2.75, 3.05) is 0 Å². The van der Waals surface area contributed by atoms with E-state index < -0.39 is 5.97 Å². The fraction of sp³-hybridized carbons (Fsp3) is 0.278. The van der Waals surface area contributed by atoms with Crippen LogP contribution in [0.2, 0.25) is 0 Å². The standard InChI is InChI=1S/C18H18N2O3S/c1-4-5-12-6-8-13(9-7-12)23-18(22)15-11(2)14-16(24-15)19-10-20(3)17(14)21/h6-10H,4-5H2,1-3H3. The average molecular weight is 342 g/mol. The number of thiophene rings is 1. The summed E-state index contributed by atoms with van der Waals surface area (Å²) in [7, 11) is 1.64. The zero-order chi connectivity index (χ0) is 17.3. The van der Waals surface area contributed by atoms with E-state index in [0.717, 1.165) is 12.8 Å². The number of aromatic nitrogens is 2. The van der Waals surface area contributed by atoms with Gasteiger partial charge in [0.2, 0.25) is 0 Å². The van der Waals surface area contributed by atoms with Gasteiger partial charge in [0.25, 0.3) is 5.56 Å². The van der Waals surface area contributed by atoms with Gasteiger partial charge in [0, 0.05) is 7.05 Å². The molecule has 0 spiro atoms. The minimum Gasteiger partial charge on any atom is -0.422 e. The molecule has 0 saturated carbocycles. The van der Waals surface area contributed by atoms with Crippen molar-refractivity contribution in [3.8, 4) is 5.75 Å². The van der Waals surface area contributed by atoms with Crippen LogP contribution in [0.5, 0.6) is 5.75 Å². The maximum Gasteiger partial charge on any atom is 0.354 e. The molecule has 0 unspecified atom stereocenters. The van der Waals surface area contributed by atoms with Gasteiger partial charge in [-0.25, -0.2) is 9.78 Å². The van der Waals surface area contributed by atoms with Crippen molar-refractivity contribution in [3.05, 3.63) is 57.0 Å². The molecule has 0 N–H and O–H groups in total. The van der Waals surface area contributed by atoms with Crippen molar-refractivity contribution in [2.24, 2.45) is 7.05 Å². The highest BCUT2D eigenvalue weighted by molar-refractivity contribution is 7.20. The molecule has 6 heteroatoms. The number of hydrogen-bond donors (Lipinski definition) is 0. The van der Waals surface area contributed by atoms with Gasteiger partial charge in [0.1, 0.15) is 15.5 Å². The van der Waals surface area contributed by atoms with Crippen LogP contribution < -0.4 is 10.3 Å². The predicted octanol–water partition coefficient (Wildman–Crippen LogP) is 3.48. The van der Waals surface area contributed by atoms with E-state index in [-0.39, 0.29) is 5.56 Å². The zero-order valence-electron chi connectivity index (χ0n) is 13.8. The first-order valence-electron chi connectivity index (χ1n) is 7.77. The zero-order valence-corrected chi connectivity index (χ0v) is 14.6. The normalized spacial score (nSPS) is 11.0. The van der Waals surface area contributed by atoms with E-state index in [0.29, 0.717) is 26.4 Å². The Balaban J connectivity index is 1.90. The summed E-state index contributed by atoms with van der Waals surface area (Å²) in [6, 6.07) is 7.51. The van der Waals surface area contributed by atoms with Gasteiger partial charge in [-0.1, -0.05) is 25.5 Å². The topological polar surface area (TPSA) is 61.2 Å². The second-order valence-electron chi connectivity index (χ2n) is 5.68. The highest BCUT2D eigenvalue weighted by atomic mass is 32.1. The number of esters is 1. The minimum absolute atomic E-state index is 0.156. The number of benzene rings is 1. The van der Waals surface area contributed by atoms with E-state index in [9.17, 15) is 9.59 Å². The van der Waals surface area contributed by atoms with Crippen LogP contribution in [0.15, 0.2) is 35.4 Å². The Morgan fingerprint density at radius 3 is 2.67 bits per heavy atom. The molecule has 3 rings (SSSR count). The molecule has 0 aliphatic carbocycles. The van der Waals surface area contributed by atoms with E-state index in [2.05, 4.69) is 11.9 Å². The predicted molar refractivity (Wildman–Crippen MR) is 95.0 cm³/mol. The van der Waals surface area contributed by atoms with Crippen LogP contribution in [0.1, 0.15) is 34.1 Å². The number of aryl methyl sites for hydroxylation is 3. The van der Waals surface area contributed by atoms with Crippen molar-refractivity contribution in [1.29, 1.82) is 0 Å². The van der Waals surface area contributed by atoms with Crippen molar-refractivity contribution in [3.63, 3.8) is 0 Å². The van der Waals surface area contributed by atoms with Crippen LogP contribution in [0.25, 0.3) is 10.2 Å². The molecule has 3 aromatic rings.